The first-order valence-corrected chi connectivity index (χ1v) is 8.53. The Morgan fingerprint density at radius 3 is 2.12 bits per heavy atom. The average molecular weight is 335 g/mol. The van der Waals surface area contributed by atoms with Crippen LogP contribution in [0, 0.1) is 5.82 Å². The van der Waals surface area contributed by atoms with Gasteiger partial charge < -0.3 is 14.2 Å². The number of hydrogen-bond donors (Lipinski definition) is 0. The fourth-order valence-electron chi connectivity index (χ4n) is 2.68. The van der Waals surface area contributed by atoms with Crippen LogP contribution in [0.1, 0.15) is 47.1 Å². The molecule has 2 rings (SSSR count). The van der Waals surface area contributed by atoms with Crippen molar-refractivity contribution in [3.63, 3.8) is 0 Å². The molecule has 24 heavy (non-hydrogen) atoms. The minimum Gasteiger partial charge on any atom is -0.399 e. The van der Waals surface area contributed by atoms with Crippen LogP contribution in [0.4, 0.5) is 4.39 Å². The molecule has 1 heterocycles. The number of likely N-dealkylation sites (N-methyl/N-ethyl adjacent to an activating group) is 1. The second-order valence-electron chi connectivity index (χ2n) is 7.18. The lowest BCUT2D eigenvalue weighted by molar-refractivity contribution is -0.130. The number of hydrogen-bond acceptors (Lipinski definition) is 3. The maximum absolute atomic E-state index is 14.4. The third-order valence-corrected chi connectivity index (χ3v) is 5.06. The maximum atomic E-state index is 14.4. The molecule has 0 atom stereocenters. The Labute approximate surface area is 144 Å². The van der Waals surface area contributed by atoms with Gasteiger partial charge in [-0.1, -0.05) is 12.1 Å². The van der Waals surface area contributed by atoms with Crippen molar-refractivity contribution in [1.82, 2.24) is 4.90 Å². The number of amides is 1. The van der Waals surface area contributed by atoms with Crippen molar-refractivity contribution in [3.8, 4) is 0 Å². The largest absolute Gasteiger partial charge is 0.494 e. The SMILES string of the molecule is CCN(CC)C(=O)Cc1ccc(B2OC(C)(C)C(C)(C)O2)cc1F. The minimum atomic E-state index is -0.600. The van der Waals surface area contributed by atoms with Gasteiger partial charge in [0.05, 0.1) is 17.6 Å². The zero-order valence-corrected chi connectivity index (χ0v) is 15.5. The predicted octanol–water partition coefficient (Wildman–Crippen LogP) is 2.54. The highest BCUT2D eigenvalue weighted by atomic mass is 19.1. The van der Waals surface area contributed by atoms with Gasteiger partial charge in [-0.3, -0.25) is 4.79 Å². The molecule has 0 aliphatic carbocycles. The summed E-state index contributed by atoms with van der Waals surface area (Å²) in [7, 11) is -0.600. The quantitative estimate of drug-likeness (QED) is 0.777. The number of rotatable bonds is 5. The fourth-order valence-corrected chi connectivity index (χ4v) is 2.68. The van der Waals surface area contributed by atoms with Gasteiger partial charge in [0, 0.05) is 13.1 Å². The first kappa shape index (κ1) is 18.9. The number of carbonyl (C=O) groups is 1. The van der Waals surface area contributed by atoms with E-state index in [-0.39, 0.29) is 12.3 Å². The van der Waals surface area contributed by atoms with Crippen molar-refractivity contribution in [2.24, 2.45) is 0 Å². The molecule has 132 valence electrons. The highest BCUT2D eigenvalue weighted by Gasteiger charge is 2.51. The monoisotopic (exact) mass is 335 g/mol. The molecule has 0 bridgehead atoms. The van der Waals surface area contributed by atoms with E-state index in [9.17, 15) is 9.18 Å². The summed E-state index contributed by atoms with van der Waals surface area (Å²) in [5.41, 5.74) is 0.0919. The predicted molar refractivity (Wildman–Crippen MR) is 93.7 cm³/mol. The Bertz CT molecular complexity index is 598. The number of nitrogens with zero attached hydrogens (tertiary/aromatic N) is 1. The van der Waals surface area contributed by atoms with Gasteiger partial charge in [0.15, 0.2) is 0 Å². The van der Waals surface area contributed by atoms with Gasteiger partial charge in [0.1, 0.15) is 5.82 Å². The summed E-state index contributed by atoms with van der Waals surface area (Å²) in [5.74, 6) is -0.468. The van der Waals surface area contributed by atoms with E-state index in [1.165, 1.54) is 6.07 Å². The van der Waals surface area contributed by atoms with Gasteiger partial charge in [-0.2, -0.15) is 0 Å². The van der Waals surface area contributed by atoms with E-state index in [2.05, 4.69) is 0 Å². The van der Waals surface area contributed by atoms with Gasteiger partial charge in [-0.05, 0) is 58.6 Å². The Morgan fingerprint density at radius 1 is 1.12 bits per heavy atom. The van der Waals surface area contributed by atoms with Crippen molar-refractivity contribution in [3.05, 3.63) is 29.6 Å². The minimum absolute atomic E-state index is 0.0666. The molecule has 6 heteroatoms. The molecule has 1 aromatic rings. The second kappa shape index (κ2) is 6.85. The molecule has 0 spiro atoms. The summed E-state index contributed by atoms with van der Waals surface area (Å²) in [5, 5.41) is 0. The van der Waals surface area contributed by atoms with Crippen molar-refractivity contribution in [1.29, 1.82) is 0 Å². The van der Waals surface area contributed by atoms with Gasteiger partial charge in [0.25, 0.3) is 0 Å². The summed E-state index contributed by atoms with van der Waals surface area (Å²) in [6, 6.07) is 4.83. The van der Waals surface area contributed by atoms with Crippen molar-refractivity contribution >= 4 is 18.5 Å². The van der Waals surface area contributed by atoms with Crippen LogP contribution in [-0.4, -0.2) is 42.2 Å². The van der Waals surface area contributed by atoms with Crippen LogP contribution in [0.5, 0.6) is 0 Å². The molecular weight excluding hydrogens is 308 g/mol. The number of benzene rings is 1. The Hall–Kier alpha value is -1.40. The normalized spacial score (nSPS) is 18.7. The highest BCUT2D eigenvalue weighted by Crippen LogP contribution is 2.36. The van der Waals surface area contributed by atoms with Gasteiger partial charge in [0.2, 0.25) is 5.91 Å². The van der Waals surface area contributed by atoms with Crippen molar-refractivity contribution < 1.29 is 18.5 Å². The van der Waals surface area contributed by atoms with E-state index in [0.717, 1.165) is 0 Å². The number of halogens is 1. The van der Waals surface area contributed by atoms with Crippen molar-refractivity contribution in [2.75, 3.05) is 13.1 Å². The van der Waals surface area contributed by atoms with E-state index in [4.69, 9.17) is 9.31 Å². The van der Waals surface area contributed by atoms with Crippen molar-refractivity contribution in [2.45, 2.75) is 59.2 Å². The molecule has 0 N–H and O–H groups in total. The van der Waals surface area contributed by atoms with Crippen LogP contribution in [0.3, 0.4) is 0 Å². The molecule has 1 aliphatic heterocycles. The van der Waals surface area contributed by atoms with Crippen LogP contribution >= 0.6 is 0 Å². The lowest BCUT2D eigenvalue weighted by Crippen LogP contribution is -2.41. The smallest absolute Gasteiger partial charge is 0.399 e. The first-order valence-electron chi connectivity index (χ1n) is 8.53. The van der Waals surface area contributed by atoms with Crippen LogP contribution < -0.4 is 5.46 Å². The van der Waals surface area contributed by atoms with Crippen LogP contribution in [0.25, 0.3) is 0 Å². The third kappa shape index (κ3) is 3.65. The molecule has 1 amide bonds. The summed E-state index contributed by atoms with van der Waals surface area (Å²) in [6.45, 7) is 12.9. The Morgan fingerprint density at radius 2 is 1.67 bits per heavy atom. The molecule has 1 aliphatic rings. The lowest BCUT2D eigenvalue weighted by Gasteiger charge is -2.32. The molecule has 4 nitrogen and oxygen atoms in total. The average Bonchev–Trinajstić information content (AvgIpc) is 2.71. The summed E-state index contributed by atoms with van der Waals surface area (Å²) >= 11 is 0. The standard InChI is InChI=1S/C18H27BFNO3/c1-7-21(8-2)16(22)11-13-9-10-14(12-15(13)20)19-23-17(3,4)18(5,6)24-19/h9-10,12H,7-8,11H2,1-6H3. The third-order valence-electron chi connectivity index (χ3n) is 5.06. The Kier molecular flexibility index (Phi) is 5.40. The molecule has 1 aromatic carbocycles. The van der Waals surface area contributed by atoms with E-state index in [1.807, 2.05) is 41.5 Å². The van der Waals surface area contributed by atoms with Gasteiger partial charge in [-0.25, -0.2) is 4.39 Å². The van der Waals surface area contributed by atoms with E-state index < -0.39 is 24.1 Å². The molecular formula is C18H27BFNO3. The van der Waals surface area contributed by atoms with E-state index in [1.54, 1.807) is 17.0 Å². The van der Waals surface area contributed by atoms with Crippen LogP contribution in [0.2, 0.25) is 0 Å². The van der Waals surface area contributed by atoms with E-state index >= 15 is 0 Å². The molecule has 0 radical (unpaired) electrons. The molecule has 1 fully saturated rings. The number of carbonyl (C=O) groups excluding carboxylic acids is 1. The lowest BCUT2D eigenvalue weighted by atomic mass is 9.78. The molecule has 0 saturated carbocycles. The van der Waals surface area contributed by atoms with Gasteiger partial charge in [-0.15, -0.1) is 0 Å². The highest BCUT2D eigenvalue weighted by molar-refractivity contribution is 6.62. The zero-order valence-electron chi connectivity index (χ0n) is 15.5. The zero-order chi connectivity index (χ0) is 18.1. The topological polar surface area (TPSA) is 38.8 Å². The summed E-state index contributed by atoms with van der Waals surface area (Å²) in [6.07, 6.45) is 0.0666. The van der Waals surface area contributed by atoms with Gasteiger partial charge >= 0.3 is 7.12 Å². The summed E-state index contributed by atoms with van der Waals surface area (Å²) < 4.78 is 26.3. The fraction of sp³-hybridized carbons (Fsp3) is 0.611. The van der Waals surface area contributed by atoms with Crippen LogP contribution in [-0.2, 0) is 20.5 Å². The molecule has 0 aromatic heterocycles. The first-order chi connectivity index (χ1) is 11.1. The second-order valence-corrected chi connectivity index (χ2v) is 7.18. The molecule has 0 unspecified atom stereocenters. The molecule has 1 saturated heterocycles. The van der Waals surface area contributed by atoms with E-state index in [0.29, 0.717) is 24.1 Å². The van der Waals surface area contributed by atoms with Crippen LogP contribution in [0.15, 0.2) is 18.2 Å². The summed E-state index contributed by atoms with van der Waals surface area (Å²) in [4.78, 5) is 13.8. The maximum Gasteiger partial charge on any atom is 0.494 e. The Balaban J connectivity index is 2.15.